The SMILES string of the molecule is O=C(NCc1ccccc1S(=O)(=O)N1CCCCC1)c1ccc(Cl)c(Cl)c1. The number of halogens is 2. The maximum atomic E-state index is 13.0. The third-order valence-electron chi connectivity index (χ3n) is 4.53. The van der Waals surface area contributed by atoms with Crippen molar-refractivity contribution in [2.24, 2.45) is 0 Å². The van der Waals surface area contributed by atoms with Crippen LogP contribution in [0.4, 0.5) is 0 Å². The highest BCUT2D eigenvalue weighted by molar-refractivity contribution is 7.89. The second kappa shape index (κ2) is 8.61. The summed E-state index contributed by atoms with van der Waals surface area (Å²) in [6.07, 6.45) is 2.79. The van der Waals surface area contributed by atoms with E-state index in [1.807, 2.05) is 0 Å². The molecular weight excluding hydrogens is 407 g/mol. The zero-order chi connectivity index (χ0) is 19.4. The number of nitrogens with one attached hydrogen (secondary N) is 1. The van der Waals surface area contributed by atoms with Crippen LogP contribution in [0.15, 0.2) is 47.4 Å². The minimum absolute atomic E-state index is 0.0995. The number of hydrogen-bond acceptors (Lipinski definition) is 3. The second-order valence-electron chi connectivity index (χ2n) is 6.38. The molecule has 0 bridgehead atoms. The predicted octanol–water partition coefficient (Wildman–Crippen LogP) is 4.10. The monoisotopic (exact) mass is 426 g/mol. The fraction of sp³-hybridized carbons (Fsp3) is 0.316. The Kier molecular flexibility index (Phi) is 6.42. The minimum Gasteiger partial charge on any atom is -0.348 e. The largest absolute Gasteiger partial charge is 0.348 e. The highest BCUT2D eigenvalue weighted by Gasteiger charge is 2.27. The van der Waals surface area contributed by atoms with Gasteiger partial charge in [-0.05, 0) is 42.7 Å². The van der Waals surface area contributed by atoms with Crippen LogP contribution < -0.4 is 5.32 Å². The highest BCUT2D eigenvalue weighted by atomic mass is 35.5. The zero-order valence-corrected chi connectivity index (χ0v) is 16.9. The fourth-order valence-electron chi connectivity index (χ4n) is 3.06. The summed E-state index contributed by atoms with van der Waals surface area (Å²) in [4.78, 5) is 12.6. The Bertz CT molecular complexity index is 942. The Balaban J connectivity index is 1.78. The number of carbonyl (C=O) groups is 1. The van der Waals surface area contributed by atoms with E-state index in [0.29, 0.717) is 29.2 Å². The van der Waals surface area contributed by atoms with E-state index >= 15 is 0 Å². The van der Waals surface area contributed by atoms with Crippen molar-refractivity contribution in [3.05, 3.63) is 63.6 Å². The molecule has 1 aliphatic heterocycles. The van der Waals surface area contributed by atoms with Crippen LogP contribution in [0.3, 0.4) is 0 Å². The summed E-state index contributed by atoms with van der Waals surface area (Å²) in [5.74, 6) is -0.348. The molecule has 2 aromatic carbocycles. The summed E-state index contributed by atoms with van der Waals surface area (Å²) >= 11 is 11.8. The third kappa shape index (κ3) is 4.63. The first-order chi connectivity index (χ1) is 12.9. The molecule has 1 N–H and O–H groups in total. The van der Waals surface area contributed by atoms with Crippen molar-refractivity contribution in [3.8, 4) is 0 Å². The first kappa shape index (κ1) is 20.1. The van der Waals surface area contributed by atoms with Gasteiger partial charge >= 0.3 is 0 Å². The molecule has 144 valence electrons. The second-order valence-corrected chi connectivity index (χ2v) is 9.10. The molecule has 1 fully saturated rings. The molecule has 0 atom stereocenters. The van der Waals surface area contributed by atoms with E-state index in [9.17, 15) is 13.2 Å². The van der Waals surface area contributed by atoms with E-state index in [1.165, 1.54) is 10.4 Å². The van der Waals surface area contributed by atoms with E-state index in [-0.39, 0.29) is 22.4 Å². The molecule has 0 unspecified atom stereocenters. The number of benzene rings is 2. The molecule has 0 aliphatic carbocycles. The van der Waals surface area contributed by atoms with Crippen molar-refractivity contribution in [2.45, 2.75) is 30.7 Å². The molecule has 1 amide bonds. The summed E-state index contributed by atoms with van der Waals surface area (Å²) in [6.45, 7) is 1.17. The van der Waals surface area contributed by atoms with Crippen LogP contribution in [-0.2, 0) is 16.6 Å². The van der Waals surface area contributed by atoms with E-state index in [1.54, 1.807) is 36.4 Å². The van der Waals surface area contributed by atoms with Crippen molar-refractivity contribution in [1.82, 2.24) is 9.62 Å². The van der Waals surface area contributed by atoms with Crippen molar-refractivity contribution in [1.29, 1.82) is 0 Å². The number of rotatable bonds is 5. The van der Waals surface area contributed by atoms with Crippen molar-refractivity contribution in [2.75, 3.05) is 13.1 Å². The summed E-state index contributed by atoms with van der Waals surface area (Å²) in [6, 6.07) is 11.4. The average Bonchev–Trinajstić information content (AvgIpc) is 2.69. The fourth-order valence-corrected chi connectivity index (χ4v) is 5.10. The summed E-state index contributed by atoms with van der Waals surface area (Å²) in [5.41, 5.74) is 0.914. The van der Waals surface area contributed by atoms with Gasteiger partial charge in [0.1, 0.15) is 0 Å². The van der Waals surface area contributed by atoms with Crippen LogP contribution in [0.25, 0.3) is 0 Å². The van der Waals surface area contributed by atoms with Gasteiger partial charge in [0.25, 0.3) is 5.91 Å². The molecule has 27 heavy (non-hydrogen) atoms. The first-order valence-electron chi connectivity index (χ1n) is 8.71. The van der Waals surface area contributed by atoms with Crippen molar-refractivity contribution in [3.63, 3.8) is 0 Å². The Morgan fingerprint density at radius 3 is 2.41 bits per heavy atom. The molecule has 0 aromatic heterocycles. The number of amides is 1. The lowest BCUT2D eigenvalue weighted by Crippen LogP contribution is -2.36. The average molecular weight is 427 g/mol. The third-order valence-corrected chi connectivity index (χ3v) is 7.26. The van der Waals surface area contributed by atoms with Gasteiger partial charge in [-0.15, -0.1) is 0 Å². The van der Waals surface area contributed by atoms with Gasteiger partial charge in [-0.1, -0.05) is 47.8 Å². The highest BCUT2D eigenvalue weighted by Crippen LogP contribution is 2.24. The minimum atomic E-state index is -3.57. The number of hydrogen-bond donors (Lipinski definition) is 1. The van der Waals surface area contributed by atoms with Gasteiger partial charge < -0.3 is 5.32 Å². The molecule has 8 heteroatoms. The summed E-state index contributed by atoms with van der Waals surface area (Å²) < 4.78 is 27.5. The van der Waals surface area contributed by atoms with Crippen LogP contribution in [-0.4, -0.2) is 31.7 Å². The van der Waals surface area contributed by atoms with Gasteiger partial charge in [0, 0.05) is 25.2 Å². The van der Waals surface area contributed by atoms with Crippen molar-refractivity contribution >= 4 is 39.1 Å². The van der Waals surface area contributed by atoms with E-state index in [2.05, 4.69) is 5.32 Å². The number of sulfonamides is 1. The van der Waals surface area contributed by atoms with Gasteiger partial charge in [0.05, 0.1) is 14.9 Å². The standard InChI is InChI=1S/C19H20Cl2N2O3S/c20-16-9-8-14(12-17(16)21)19(24)22-13-15-6-2-3-7-18(15)27(25,26)23-10-4-1-5-11-23/h2-3,6-9,12H,1,4-5,10-11,13H2,(H,22,24). The van der Waals surface area contributed by atoms with Gasteiger partial charge in [-0.3, -0.25) is 4.79 Å². The van der Waals surface area contributed by atoms with Crippen LogP contribution in [0.2, 0.25) is 10.0 Å². The quantitative estimate of drug-likeness (QED) is 0.782. The maximum Gasteiger partial charge on any atom is 0.251 e. The molecule has 1 saturated heterocycles. The molecule has 2 aromatic rings. The van der Waals surface area contributed by atoms with Gasteiger partial charge in [0.2, 0.25) is 10.0 Å². The molecule has 0 spiro atoms. The van der Waals surface area contributed by atoms with Gasteiger partial charge in [-0.2, -0.15) is 4.31 Å². The van der Waals surface area contributed by atoms with E-state index in [0.717, 1.165) is 19.3 Å². The van der Waals surface area contributed by atoms with Crippen LogP contribution in [0.1, 0.15) is 35.2 Å². The molecule has 1 heterocycles. The molecule has 3 rings (SSSR count). The lowest BCUT2D eigenvalue weighted by atomic mass is 10.2. The van der Waals surface area contributed by atoms with Gasteiger partial charge in [0.15, 0.2) is 0 Å². The number of nitrogens with zero attached hydrogens (tertiary/aromatic N) is 1. The number of piperidine rings is 1. The Morgan fingerprint density at radius 2 is 1.70 bits per heavy atom. The summed E-state index contributed by atoms with van der Waals surface area (Å²) in [7, 11) is -3.57. The topological polar surface area (TPSA) is 66.5 Å². The molecular formula is C19H20Cl2N2O3S. The van der Waals surface area contributed by atoms with Crippen LogP contribution in [0.5, 0.6) is 0 Å². The van der Waals surface area contributed by atoms with Crippen molar-refractivity contribution < 1.29 is 13.2 Å². The number of carbonyl (C=O) groups excluding carboxylic acids is 1. The van der Waals surface area contributed by atoms with E-state index < -0.39 is 10.0 Å². The Labute approximate surface area is 169 Å². The van der Waals surface area contributed by atoms with Gasteiger partial charge in [-0.25, -0.2) is 8.42 Å². The Morgan fingerprint density at radius 1 is 1.00 bits per heavy atom. The predicted molar refractivity (Wildman–Crippen MR) is 107 cm³/mol. The smallest absolute Gasteiger partial charge is 0.251 e. The lowest BCUT2D eigenvalue weighted by Gasteiger charge is -2.26. The first-order valence-corrected chi connectivity index (χ1v) is 10.9. The van der Waals surface area contributed by atoms with Crippen LogP contribution >= 0.6 is 23.2 Å². The lowest BCUT2D eigenvalue weighted by molar-refractivity contribution is 0.0950. The molecule has 0 radical (unpaired) electrons. The molecule has 1 aliphatic rings. The zero-order valence-electron chi connectivity index (χ0n) is 14.6. The summed E-state index contributed by atoms with van der Waals surface area (Å²) in [5, 5.41) is 3.41. The van der Waals surface area contributed by atoms with E-state index in [4.69, 9.17) is 23.2 Å². The molecule has 5 nitrogen and oxygen atoms in total. The maximum absolute atomic E-state index is 13.0. The van der Waals surface area contributed by atoms with Crippen LogP contribution in [0, 0.1) is 0 Å². The normalized spacial score (nSPS) is 15.5. The molecule has 0 saturated carbocycles. The Hall–Kier alpha value is -1.60.